The highest BCUT2D eigenvalue weighted by Gasteiger charge is 2.25. The Hall–Kier alpha value is -3.92. The molecule has 2 N–H and O–H groups in total. The molecule has 4 rings (SSSR count). The third-order valence-electron chi connectivity index (χ3n) is 5.19. The second kappa shape index (κ2) is 8.62. The van der Waals surface area contributed by atoms with Gasteiger partial charge in [-0.3, -0.25) is 19.3 Å². The number of aromatic nitrogens is 3. The lowest BCUT2D eigenvalue weighted by atomic mass is 9.94. The standard InChI is InChI=1S/C23H21N5O2/c1-2-16-5-3-7-19(11-16)27-23(30)20-15-26-28-10-8-17(12-21(20)28)13-25-22(29)18-6-4-9-24-14-18/h1,3-7,9,11,14-15,17H,8,10,12-13H2,(H,25,29)(H,27,30)/t17-/m1/s1. The smallest absolute Gasteiger partial charge is 0.259 e. The molecule has 0 spiro atoms. The van der Waals surface area contributed by atoms with Crippen molar-refractivity contribution in [2.45, 2.75) is 19.4 Å². The third kappa shape index (κ3) is 4.23. The molecule has 7 nitrogen and oxygen atoms in total. The number of nitrogens with one attached hydrogen (secondary N) is 2. The van der Waals surface area contributed by atoms with Gasteiger partial charge in [-0.2, -0.15) is 5.10 Å². The minimum Gasteiger partial charge on any atom is -0.352 e. The van der Waals surface area contributed by atoms with E-state index in [9.17, 15) is 9.59 Å². The van der Waals surface area contributed by atoms with Gasteiger partial charge in [0.15, 0.2) is 0 Å². The Kier molecular flexibility index (Phi) is 5.57. The first-order valence-corrected chi connectivity index (χ1v) is 9.75. The van der Waals surface area contributed by atoms with Crippen molar-refractivity contribution < 1.29 is 9.59 Å². The molecule has 1 atom stereocenters. The van der Waals surface area contributed by atoms with Gasteiger partial charge in [-0.05, 0) is 49.1 Å². The molecule has 0 radical (unpaired) electrons. The largest absolute Gasteiger partial charge is 0.352 e. The van der Waals surface area contributed by atoms with Crippen molar-refractivity contribution in [2.75, 3.05) is 11.9 Å². The number of benzene rings is 1. The first-order valence-electron chi connectivity index (χ1n) is 9.75. The van der Waals surface area contributed by atoms with E-state index < -0.39 is 0 Å². The normalized spacial score (nSPS) is 15.0. The Morgan fingerprint density at radius 3 is 2.90 bits per heavy atom. The summed E-state index contributed by atoms with van der Waals surface area (Å²) in [5, 5.41) is 10.2. The van der Waals surface area contributed by atoms with Crippen molar-refractivity contribution >= 4 is 17.5 Å². The van der Waals surface area contributed by atoms with Gasteiger partial charge in [0.2, 0.25) is 0 Å². The summed E-state index contributed by atoms with van der Waals surface area (Å²) in [6, 6.07) is 10.6. The molecular weight excluding hydrogens is 378 g/mol. The van der Waals surface area contributed by atoms with Crippen molar-refractivity contribution in [1.82, 2.24) is 20.1 Å². The molecule has 7 heteroatoms. The summed E-state index contributed by atoms with van der Waals surface area (Å²) in [6.45, 7) is 1.24. The van der Waals surface area contributed by atoms with Gasteiger partial charge in [-0.15, -0.1) is 6.42 Å². The van der Waals surface area contributed by atoms with Gasteiger partial charge in [0.05, 0.1) is 23.0 Å². The minimum atomic E-state index is -0.217. The molecule has 1 aliphatic heterocycles. The number of hydrogen-bond acceptors (Lipinski definition) is 4. The van der Waals surface area contributed by atoms with E-state index in [0.29, 0.717) is 41.9 Å². The fourth-order valence-corrected chi connectivity index (χ4v) is 3.58. The van der Waals surface area contributed by atoms with Crippen molar-refractivity contribution in [3.8, 4) is 12.3 Å². The van der Waals surface area contributed by atoms with Crippen LogP contribution in [-0.4, -0.2) is 33.1 Å². The number of fused-ring (bicyclic) bond motifs is 1. The molecule has 1 aromatic carbocycles. The topological polar surface area (TPSA) is 88.9 Å². The quantitative estimate of drug-likeness (QED) is 0.645. The highest BCUT2D eigenvalue weighted by atomic mass is 16.2. The van der Waals surface area contributed by atoms with E-state index in [4.69, 9.17) is 6.42 Å². The van der Waals surface area contributed by atoms with Gasteiger partial charge < -0.3 is 10.6 Å². The molecule has 0 fully saturated rings. The number of anilines is 1. The summed E-state index contributed by atoms with van der Waals surface area (Å²) in [4.78, 5) is 29.1. The van der Waals surface area contributed by atoms with E-state index in [0.717, 1.165) is 12.1 Å². The second-order valence-electron chi connectivity index (χ2n) is 7.22. The van der Waals surface area contributed by atoms with Gasteiger partial charge >= 0.3 is 0 Å². The average molecular weight is 399 g/mol. The second-order valence-corrected chi connectivity index (χ2v) is 7.22. The van der Waals surface area contributed by atoms with Crippen LogP contribution in [0.1, 0.15) is 38.4 Å². The molecular formula is C23H21N5O2. The predicted octanol–water partition coefficient (Wildman–Crippen LogP) is 2.50. The van der Waals surface area contributed by atoms with Crippen LogP contribution in [0.2, 0.25) is 0 Å². The molecule has 0 aliphatic carbocycles. The number of carbonyl (C=O) groups is 2. The Morgan fingerprint density at radius 1 is 1.20 bits per heavy atom. The molecule has 3 heterocycles. The van der Waals surface area contributed by atoms with Crippen LogP contribution in [-0.2, 0) is 13.0 Å². The summed E-state index contributed by atoms with van der Waals surface area (Å²) in [7, 11) is 0. The third-order valence-corrected chi connectivity index (χ3v) is 5.19. The van der Waals surface area contributed by atoms with E-state index >= 15 is 0 Å². The fraction of sp³-hybridized carbons (Fsp3) is 0.217. The maximum absolute atomic E-state index is 12.8. The van der Waals surface area contributed by atoms with Gasteiger partial charge in [0.25, 0.3) is 11.8 Å². The zero-order chi connectivity index (χ0) is 20.9. The van der Waals surface area contributed by atoms with E-state index in [-0.39, 0.29) is 17.7 Å². The Labute approximate surface area is 174 Å². The van der Waals surface area contributed by atoms with Crippen molar-refractivity contribution in [3.63, 3.8) is 0 Å². The number of terminal acetylenes is 1. The van der Waals surface area contributed by atoms with Gasteiger partial charge in [0, 0.05) is 36.7 Å². The molecule has 0 saturated carbocycles. The SMILES string of the molecule is C#Cc1cccc(NC(=O)c2cnn3c2C[C@H](CNC(=O)c2cccnc2)CC3)c1. The molecule has 1 aliphatic rings. The summed E-state index contributed by atoms with van der Waals surface area (Å²) in [5.41, 5.74) is 3.31. The molecule has 30 heavy (non-hydrogen) atoms. The zero-order valence-corrected chi connectivity index (χ0v) is 16.3. The molecule has 2 amide bonds. The Balaban J connectivity index is 1.41. The summed E-state index contributed by atoms with van der Waals surface area (Å²) in [6.07, 6.45) is 11.8. The Morgan fingerprint density at radius 2 is 2.10 bits per heavy atom. The van der Waals surface area contributed by atoms with Gasteiger partial charge in [-0.25, -0.2) is 0 Å². The van der Waals surface area contributed by atoms with Crippen LogP contribution in [0, 0.1) is 18.3 Å². The molecule has 0 unspecified atom stereocenters. The van der Waals surface area contributed by atoms with Gasteiger partial charge in [-0.1, -0.05) is 12.0 Å². The summed E-state index contributed by atoms with van der Waals surface area (Å²) >= 11 is 0. The summed E-state index contributed by atoms with van der Waals surface area (Å²) in [5.74, 6) is 2.43. The molecule has 2 aromatic heterocycles. The van der Waals surface area contributed by atoms with E-state index in [1.807, 2.05) is 10.7 Å². The van der Waals surface area contributed by atoms with Crippen LogP contribution in [0.15, 0.2) is 55.0 Å². The predicted molar refractivity (Wildman–Crippen MR) is 113 cm³/mol. The van der Waals surface area contributed by atoms with E-state index in [1.165, 1.54) is 0 Å². The lowest BCUT2D eigenvalue weighted by molar-refractivity contribution is 0.0942. The molecule has 0 bridgehead atoms. The van der Waals surface area contributed by atoms with Crippen molar-refractivity contribution in [2.24, 2.45) is 5.92 Å². The summed E-state index contributed by atoms with van der Waals surface area (Å²) < 4.78 is 1.87. The van der Waals surface area contributed by atoms with Crippen LogP contribution in [0.4, 0.5) is 5.69 Å². The van der Waals surface area contributed by atoms with E-state index in [1.54, 1.807) is 48.9 Å². The number of aryl methyl sites for hydroxylation is 1. The number of carbonyl (C=O) groups excluding carboxylic acids is 2. The maximum atomic E-state index is 12.8. The van der Waals surface area contributed by atoms with Crippen LogP contribution in [0.25, 0.3) is 0 Å². The average Bonchev–Trinajstić information content (AvgIpc) is 3.21. The first-order chi connectivity index (χ1) is 14.6. The number of rotatable bonds is 5. The molecule has 3 aromatic rings. The van der Waals surface area contributed by atoms with Crippen molar-refractivity contribution in [1.29, 1.82) is 0 Å². The minimum absolute atomic E-state index is 0.145. The van der Waals surface area contributed by atoms with Gasteiger partial charge in [0.1, 0.15) is 0 Å². The lowest BCUT2D eigenvalue weighted by Crippen LogP contribution is -2.33. The maximum Gasteiger partial charge on any atom is 0.259 e. The monoisotopic (exact) mass is 399 g/mol. The van der Waals surface area contributed by atoms with Crippen LogP contribution >= 0.6 is 0 Å². The molecule has 150 valence electrons. The first kappa shape index (κ1) is 19.4. The highest BCUT2D eigenvalue weighted by molar-refractivity contribution is 6.05. The number of hydrogen-bond donors (Lipinski definition) is 2. The highest BCUT2D eigenvalue weighted by Crippen LogP contribution is 2.23. The molecule has 0 saturated heterocycles. The number of pyridine rings is 1. The van der Waals surface area contributed by atoms with E-state index in [2.05, 4.69) is 26.6 Å². The van der Waals surface area contributed by atoms with Crippen LogP contribution in [0.5, 0.6) is 0 Å². The van der Waals surface area contributed by atoms with Crippen LogP contribution in [0.3, 0.4) is 0 Å². The number of nitrogens with zero attached hydrogens (tertiary/aromatic N) is 3. The zero-order valence-electron chi connectivity index (χ0n) is 16.3. The number of amides is 2. The van der Waals surface area contributed by atoms with Crippen LogP contribution < -0.4 is 10.6 Å². The Bertz CT molecular complexity index is 1110. The van der Waals surface area contributed by atoms with Crippen molar-refractivity contribution in [3.05, 3.63) is 77.4 Å². The fourth-order valence-electron chi connectivity index (χ4n) is 3.58. The lowest BCUT2D eigenvalue weighted by Gasteiger charge is -2.24.